The Morgan fingerprint density at radius 2 is 1.85 bits per heavy atom. The number of nitrogens with zero attached hydrogens (tertiary/aromatic N) is 2. The molecule has 0 bridgehead atoms. The molecular formula is C19H16ClN3O3. The minimum Gasteiger partial charge on any atom is -0.465 e. The first kappa shape index (κ1) is 17.7. The van der Waals surface area contributed by atoms with Gasteiger partial charge in [0, 0.05) is 16.4 Å². The maximum absolute atomic E-state index is 12.5. The van der Waals surface area contributed by atoms with Gasteiger partial charge in [0.1, 0.15) is 0 Å². The third kappa shape index (κ3) is 3.75. The molecule has 1 heterocycles. The second kappa shape index (κ2) is 7.41. The number of anilines is 1. The zero-order chi connectivity index (χ0) is 18.7. The number of benzene rings is 2. The third-order valence-electron chi connectivity index (χ3n) is 3.73. The monoisotopic (exact) mass is 369 g/mol. The highest BCUT2D eigenvalue weighted by Crippen LogP contribution is 2.17. The smallest absolute Gasteiger partial charge is 0.337 e. The maximum Gasteiger partial charge on any atom is 0.337 e. The summed E-state index contributed by atoms with van der Waals surface area (Å²) in [4.78, 5) is 24.1. The van der Waals surface area contributed by atoms with Crippen molar-refractivity contribution in [1.29, 1.82) is 0 Å². The number of nitrogens with one attached hydrogen (secondary N) is 1. The average molecular weight is 370 g/mol. The largest absolute Gasteiger partial charge is 0.465 e. The molecule has 3 rings (SSSR count). The van der Waals surface area contributed by atoms with Gasteiger partial charge in [0.05, 0.1) is 18.4 Å². The Morgan fingerprint density at radius 3 is 2.54 bits per heavy atom. The quantitative estimate of drug-likeness (QED) is 0.708. The van der Waals surface area contributed by atoms with E-state index in [-0.39, 0.29) is 11.6 Å². The number of aryl methyl sites for hydroxylation is 1. The number of methoxy groups -OCH3 is 1. The highest BCUT2D eigenvalue weighted by atomic mass is 35.5. The highest BCUT2D eigenvalue weighted by Gasteiger charge is 2.14. The van der Waals surface area contributed by atoms with Crippen molar-refractivity contribution >= 4 is 29.2 Å². The molecule has 1 N–H and O–H groups in total. The minimum atomic E-state index is -0.469. The molecule has 0 aliphatic carbocycles. The summed E-state index contributed by atoms with van der Waals surface area (Å²) in [6.45, 7) is 1.86. The molecule has 0 saturated heterocycles. The van der Waals surface area contributed by atoms with Gasteiger partial charge in [0.25, 0.3) is 5.91 Å². The Morgan fingerprint density at radius 1 is 1.12 bits per heavy atom. The second-order valence-electron chi connectivity index (χ2n) is 5.59. The first-order valence-corrected chi connectivity index (χ1v) is 8.18. The van der Waals surface area contributed by atoms with Gasteiger partial charge in [0.15, 0.2) is 5.69 Å². The Kier molecular flexibility index (Phi) is 5.04. The first-order chi connectivity index (χ1) is 12.5. The summed E-state index contributed by atoms with van der Waals surface area (Å²) >= 11 is 5.90. The molecular weight excluding hydrogens is 354 g/mol. The minimum absolute atomic E-state index is 0.265. The molecule has 0 aliphatic heterocycles. The van der Waals surface area contributed by atoms with E-state index in [0.717, 1.165) is 11.4 Å². The fourth-order valence-corrected chi connectivity index (χ4v) is 2.59. The van der Waals surface area contributed by atoms with Crippen molar-refractivity contribution in [1.82, 2.24) is 9.78 Å². The lowest BCUT2D eigenvalue weighted by atomic mass is 10.2. The lowest BCUT2D eigenvalue weighted by molar-refractivity contribution is 0.0600. The van der Waals surface area contributed by atoms with Gasteiger partial charge in [-0.1, -0.05) is 17.7 Å². The van der Waals surface area contributed by atoms with Crippen LogP contribution in [0, 0.1) is 6.92 Å². The van der Waals surface area contributed by atoms with Crippen molar-refractivity contribution in [3.63, 3.8) is 0 Å². The van der Waals surface area contributed by atoms with Crippen LogP contribution in [0.25, 0.3) is 5.69 Å². The van der Waals surface area contributed by atoms with Crippen LogP contribution < -0.4 is 5.32 Å². The summed E-state index contributed by atoms with van der Waals surface area (Å²) in [6, 6.07) is 15.4. The Bertz CT molecular complexity index is 964. The maximum atomic E-state index is 12.5. The number of carbonyl (C=O) groups is 2. The van der Waals surface area contributed by atoms with Crippen LogP contribution in [0.15, 0.2) is 54.6 Å². The van der Waals surface area contributed by atoms with Crippen molar-refractivity contribution in [2.75, 3.05) is 12.4 Å². The molecule has 7 heteroatoms. The molecule has 1 amide bonds. The highest BCUT2D eigenvalue weighted by molar-refractivity contribution is 6.30. The lowest BCUT2D eigenvalue weighted by Gasteiger charge is -2.06. The van der Waals surface area contributed by atoms with Crippen LogP contribution in [0.1, 0.15) is 26.5 Å². The van der Waals surface area contributed by atoms with Gasteiger partial charge in [-0.3, -0.25) is 4.79 Å². The van der Waals surface area contributed by atoms with E-state index >= 15 is 0 Å². The van der Waals surface area contributed by atoms with E-state index in [1.807, 2.05) is 19.1 Å². The molecule has 0 aliphatic rings. The van der Waals surface area contributed by atoms with E-state index in [1.54, 1.807) is 47.1 Å². The Labute approximate surface area is 155 Å². The van der Waals surface area contributed by atoms with Crippen LogP contribution in [0.3, 0.4) is 0 Å². The predicted octanol–water partition coefficient (Wildman–Crippen LogP) is 3.87. The van der Waals surface area contributed by atoms with Crippen LogP contribution in [-0.2, 0) is 4.74 Å². The second-order valence-corrected chi connectivity index (χ2v) is 6.02. The zero-order valence-corrected chi connectivity index (χ0v) is 14.9. The van der Waals surface area contributed by atoms with Crippen LogP contribution in [0.2, 0.25) is 5.02 Å². The van der Waals surface area contributed by atoms with Crippen LogP contribution in [-0.4, -0.2) is 28.8 Å². The topological polar surface area (TPSA) is 73.2 Å². The van der Waals surface area contributed by atoms with E-state index in [4.69, 9.17) is 11.6 Å². The summed E-state index contributed by atoms with van der Waals surface area (Å²) in [5, 5.41) is 7.71. The molecule has 6 nitrogen and oxygen atoms in total. The van der Waals surface area contributed by atoms with Gasteiger partial charge in [-0.15, -0.1) is 0 Å². The fourth-order valence-electron chi connectivity index (χ4n) is 2.47. The summed E-state index contributed by atoms with van der Waals surface area (Å²) in [6.07, 6.45) is 0. The number of ether oxygens (including phenoxy) is 1. The molecule has 0 saturated carbocycles. The molecule has 0 atom stereocenters. The average Bonchev–Trinajstić information content (AvgIpc) is 3.04. The van der Waals surface area contributed by atoms with Crippen molar-refractivity contribution < 1.29 is 14.3 Å². The fraction of sp³-hybridized carbons (Fsp3) is 0.105. The first-order valence-electron chi connectivity index (χ1n) is 7.80. The van der Waals surface area contributed by atoms with Gasteiger partial charge in [-0.05, 0) is 55.5 Å². The van der Waals surface area contributed by atoms with Crippen molar-refractivity contribution in [3.05, 3.63) is 76.6 Å². The molecule has 3 aromatic rings. The molecule has 0 spiro atoms. The standard InChI is InChI=1S/C19H16ClN3O3/c1-12-10-17(22-23(12)16-8-6-14(20)7-9-16)18(24)21-15-5-3-4-13(11-15)19(25)26-2/h3-11H,1-2H3,(H,21,24). The molecule has 132 valence electrons. The van der Waals surface area contributed by atoms with E-state index in [2.05, 4.69) is 15.2 Å². The number of hydrogen-bond acceptors (Lipinski definition) is 4. The summed E-state index contributed by atoms with van der Waals surface area (Å²) < 4.78 is 6.34. The zero-order valence-electron chi connectivity index (χ0n) is 14.2. The van der Waals surface area contributed by atoms with Gasteiger partial charge in [-0.2, -0.15) is 5.10 Å². The van der Waals surface area contributed by atoms with Crippen LogP contribution in [0.5, 0.6) is 0 Å². The number of esters is 1. The number of rotatable bonds is 4. The van der Waals surface area contributed by atoms with Crippen LogP contribution >= 0.6 is 11.6 Å². The molecule has 26 heavy (non-hydrogen) atoms. The van der Waals surface area contributed by atoms with Crippen molar-refractivity contribution in [3.8, 4) is 5.69 Å². The van der Waals surface area contributed by atoms with Crippen molar-refractivity contribution in [2.24, 2.45) is 0 Å². The Balaban J connectivity index is 1.82. The molecule has 0 fully saturated rings. The predicted molar refractivity (Wildman–Crippen MR) is 99.0 cm³/mol. The SMILES string of the molecule is COC(=O)c1cccc(NC(=O)c2cc(C)n(-c3ccc(Cl)cc3)n2)c1. The van der Waals surface area contributed by atoms with Gasteiger partial charge in [0.2, 0.25) is 0 Å². The normalized spacial score (nSPS) is 10.4. The number of aromatic nitrogens is 2. The van der Waals surface area contributed by atoms with E-state index in [0.29, 0.717) is 16.3 Å². The lowest BCUT2D eigenvalue weighted by Crippen LogP contribution is -2.13. The number of amides is 1. The number of hydrogen-bond donors (Lipinski definition) is 1. The van der Waals surface area contributed by atoms with E-state index < -0.39 is 5.97 Å². The Hall–Kier alpha value is -3.12. The third-order valence-corrected chi connectivity index (χ3v) is 3.98. The van der Waals surface area contributed by atoms with E-state index in [1.165, 1.54) is 7.11 Å². The molecule has 0 unspecified atom stereocenters. The van der Waals surface area contributed by atoms with Crippen LogP contribution in [0.4, 0.5) is 5.69 Å². The molecule has 0 radical (unpaired) electrons. The van der Waals surface area contributed by atoms with Gasteiger partial charge < -0.3 is 10.1 Å². The van der Waals surface area contributed by atoms with E-state index in [9.17, 15) is 9.59 Å². The van der Waals surface area contributed by atoms with Gasteiger partial charge >= 0.3 is 5.97 Å². The number of carbonyl (C=O) groups excluding carboxylic acids is 2. The summed E-state index contributed by atoms with van der Waals surface area (Å²) in [5.74, 6) is -0.841. The molecule has 1 aromatic heterocycles. The van der Waals surface area contributed by atoms with Crippen molar-refractivity contribution in [2.45, 2.75) is 6.92 Å². The summed E-state index contributed by atoms with van der Waals surface area (Å²) in [5.41, 5.74) is 2.71. The molecule has 2 aromatic carbocycles. The van der Waals surface area contributed by atoms with Gasteiger partial charge in [-0.25, -0.2) is 9.48 Å². The number of halogens is 1. The summed E-state index contributed by atoms with van der Waals surface area (Å²) in [7, 11) is 1.31.